The highest BCUT2D eigenvalue weighted by Gasteiger charge is 2.10. The predicted octanol–water partition coefficient (Wildman–Crippen LogP) is 2.72. The maximum absolute atomic E-state index is 10.9. The quantitative estimate of drug-likeness (QED) is 0.551. The molecule has 0 radical (unpaired) electrons. The van der Waals surface area contributed by atoms with Crippen LogP contribution in [0.1, 0.15) is 35.3 Å². The fourth-order valence-corrected chi connectivity index (χ4v) is 1.54. The van der Waals surface area contributed by atoms with E-state index in [2.05, 4.69) is 9.98 Å². The fraction of sp³-hybridized carbons (Fsp3) is 0.308. The minimum atomic E-state index is 0.0272. The zero-order valence-corrected chi connectivity index (χ0v) is 9.63. The summed E-state index contributed by atoms with van der Waals surface area (Å²) in [6.45, 7) is 2.05. The van der Waals surface area contributed by atoms with Crippen molar-refractivity contribution in [1.29, 1.82) is 0 Å². The maximum atomic E-state index is 10.9. The molecule has 1 aromatic rings. The van der Waals surface area contributed by atoms with Gasteiger partial charge in [-0.05, 0) is 12.0 Å². The summed E-state index contributed by atoms with van der Waals surface area (Å²) in [6.07, 6.45) is 5.06. The van der Waals surface area contributed by atoms with E-state index in [0.29, 0.717) is 5.56 Å². The second kappa shape index (κ2) is 6.67. The second-order valence-electron chi connectivity index (χ2n) is 3.38. The van der Waals surface area contributed by atoms with E-state index in [1.807, 2.05) is 31.2 Å². The van der Waals surface area contributed by atoms with Crippen molar-refractivity contribution >= 4 is 18.7 Å². The molecule has 0 bridgehead atoms. The lowest BCUT2D eigenvalue weighted by Gasteiger charge is -2.11. The van der Waals surface area contributed by atoms with Crippen LogP contribution in [0.15, 0.2) is 34.3 Å². The number of hydrogen-bond donors (Lipinski definition) is 0. The number of nitrogens with zero attached hydrogens (tertiary/aromatic N) is 2. The molecular formula is C13H16N2O. The van der Waals surface area contributed by atoms with E-state index in [1.165, 1.54) is 0 Å². The molecule has 84 valence electrons. The summed E-state index contributed by atoms with van der Waals surface area (Å²) in [5.41, 5.74) is 1.68. The molecule has 0 aliphatic rings. The highest BCUT2D eigenvalue weighted by molar-refractivity contribution is 6.16. The van der Waals surface area contributed by atoms with Crippen molar-refractivity contribution in [1.82, 2.24) is 0 Å². The van der Waals surface area contributed by atoms with Gasteiger partial charge in [-0.3, -0.25) is 14.8 Å². The van der Waals surface area contributed by atoms with Crippen LogP contribution in [0.25, 0.3) is 0 Å². The average Bonchev–Trinajstić information content (AvgIpc) is 2.35. The van der Waals surface area contributed by atoms with E-state index in [1.54, 1.807) is 19.5 Å². The number of aldehydes is 1. The molecule has 3 heteroatoms. The molecule has 0 saturated carbocycles. The molecule has 0 aliphatic heterocycles. The lowest BCUT2D eigenvalue weighted by atomic mass is 10.00. The van der Waals surface area contributed by atoms with Crippen LogP contribution in [0.5, 0.6) is 0 Å². The van der Waals surface area contributed by atoms with Gasteiger partial charge < -0.3 is 0 Å². The smallest absolute Gasteiger partial charge is 0.150 e. The van der Waals surface area contributed by atoms with Crippen LogP contribution >= 0.6 is 0 Å². The number of carbonyl (C=O) groups is 1. The topological polar surface area (TPSA) is 41.8 Å². The molecule has 0 aromatic heterocycles. The van der Waals surface area contributed by atoms with Gasteiger partial charge in [-0.25, -0.2) is 0 Å². The first-order valence-corrected chi connectivity index (χ1v) is 5.31. The molecule has 0 saturated heterocycles. The van der Waals surface area contributed by atoms with Crippen LogP contribution in [-0.4, -0.2) is 25.8 Å². The Hall–Kier alpha value is -1.77. The third kappa shape index (κ3) is 3.12. The van der Waals surface area contributed by atoms with Crippen molar-refractivity contribution < 1.29 is 4.79 Å². The van der Waals surface area contributed by atoms with Crippen molar-refractivity contribution in [2.75, 3.05) is 7.05 Å². The van der Waals surface area contributed by atoms with Gasteiger partial charge in [0.25, 0.3) is 0 Å². The largest absolute Gasteiger partial charge is 0.298 e. The van der Waals surface area contributed by atoms with E-state index >= 15 is 0 Å². The van der Waals surface area contributed by atoms with Crippen molar-refractivity contribution in [3.63, 3.8) is 0 Å². The molecule has 3 nitrogen and oxygen atoms in total. The Morgan fingerprint density at radius 2 is 2.06 bits per heavy atom. The molecule has 0 fully saturated rings. The number of rotatable bonds is 5. The van der Waals surface area contributed by atoms with Crippen molar-refractivity contribution in [2.45, 2.75) is 19.4 Å². The molecule has 1 rings (SSSR count). The van der Waals surface area contributed by atoms with Gasteiger partial charge in [-0.15, -0.1) is 0 Å². The molecule has 0 heterocycles. The number of benzene rings is 1. The summed E-state index contributed by atoms with van der Waals surface area (Å²) in [4.78, 5) is 19.1. The highest BCUT2D eigenvalue weighted by Crippen LogP contribution is 2.23. The van der Waals surface area contributed by atoms with Gasteiger partial charge >= 0.3 is 0 Å². The Morgan fingerprint density at radius 3 is 2.69 bits per heavy atom. The van der Waals surface area contributed by atoms with Gasteiger partial charge in [0, 0.05) is 25.0 Å². The first kappa shape index (κ1) is 12.3. The summed E-state index contributed by atoms with van der Waals surface area (Å²) in [7, 11) is 1.70. The van der Waals surface area contributed by atoms with E-state index < -0.39 is 0 Å². The van der Waals surface area contributed by atoms with Crippen LogP contribution in [-0.2, 0) is 0 Å². The Labute approximate surface area is 95.9 Å². The van der Waals surface area contributed by atoms with Gasteiger partial charge in [0.1, 0.15) is 6.29 Å². The molecule has 1 unspecified atom stereocenters. The predicted molar refractivity (Wildman–Crippen MR) is 67.8 cm³/mol. The lowest BCUT2D eigenvalue weighted by molar-refractivity contribution is 0.112. The third-order valence-corrected chi connectivity index (χ3v) is 2.35. The summed E-state index contributed by atoms with van der Waals surface area (Å²) in [5.74, 6) is 0. The minimum absolute atomic E-state index is 0.0272. The van der Waals surface area contributed by atoms with E-state index in [9.17, 15) is 4.79 Å². The van der Waals surface area contributed by atoms with Gasteiger partial charge in [0.2, 0.25) is 0 Å². The SMILES string of the molecule is CCC(N=CC=NC)c1ccccc1C=O. The molecule has 0 amide bonds. The Bertz CT molecular complexity index is 397. The minimum Gasteiger partial charge on any atom is -0.298 e. The molecule has 16 heavy (non-hydrogen) atoms. The van der Waals surface area contributed by atoms with E-state index in [0.717, 1.165) is 18.3 Å². The van der Waals surface area contributed by atoms with E-state index in [-0.39, 0.29) is 6.04 Å². The normalized spacial score (nSPS) is 13.4. The number of aliphatic imine (C=N–C) groups is 2. The number of hydrogen-bond acceptors (Lipinski definition) is 3. The molecule has 1 atom stereocenters. The third-order valence-electron chi connectivity index (χ3n) is 2.35. The summed E-state index contributed by atoms with van der Waals surface area (Å²) in [5, 5.41) is 0. The second-order valence-corrected chi connectivity index (χ2v) is 3.38. The van der Waals surface area contributed by atoms with Crippen LogP contribution < -0.4 is 0 Å². The molecule has 0 aliphatic carbocycles. The van der Waals surface area contributed by atoms with Crippen molar-refractivity contribution in [3.05, 3.63) is 35.4 Å². The monoisotopic (exact) mass is 216 g/mol. The van der Waals surface area contributed by atoms with Crippen LogP contribution in [0, 0.1) is 0 Å². The average molecular weight is 216 g/mol. The van der Waals surface area contributed by atoms with Gasteiger partial charge in [0.15, 0.2) is 0 Å². The highest BCUT2D eigenvalue weighted by atomic mass is 16.1. The van der Waals surface area contributed by atoms with Gasteiger partial charge in [0.05, 0.1) is 6.04 Å². The Balaban J connectivity index is 2.98. The lowest BCUT2D eigenvalue weighted by Crippen LogP contribution is -1.99. The van der Waals surface area contributed by atoms with Crippen molar-refractivity contribution in [2.24, 2.45) is 9.98 Å². The maximum Gasteiger partial charge on any atom is 0.150 e. The Morgan fingerprint density at radius 1 is 1.31 bits per heavy atom. The Kier molecular flexibility index (Phi) is 5.12. The van der Waals surface area contributed by atoms with Gasteiger partial charge in [-0.1, -0.05) is 31.2 Å². The first-order valence-electron chi connectivity index (χ1n) is 5.31. The summed E-state index contributed by atoms with van der Waals surface area (Å²) >= 11 is 0. The summed E-state index contributed by atoms with van der Waals surface area (Å²) in [6, 6.07) is 7.57. The van der Waals surface area contributed by atoms with E-state index in [4.69, 9.17) is 0 Å². The molecule has 1 aromatic carbocycles. The first-order chi connectivity index (χ1) is 7.83. The molecule has 0 spiro atoms. The molecular weight excluding hydrogens is 200 g/mol. The van der Waals surface area contributed by atoms with Crippen molar-refractivity contribution in [3.8, 4) is 0 Å². The van der Waals surface area contributed by atoms with Gasteiger partial charge in [-0.2, -0.15) is 0 Å². The van der Waals surface area contributed by atoms with Crippen LogP contribution in [0.2, 0.25) is 0 Å². The number of carbonyl (C=O) groups excluding carboxylic acids is 1. The molecule has 0 N–H and O–H groups in total. The van der Waals surface area contributed by atoms with Crippen LogP contribution in [0.3, 0.4) is 0 Å². The standard InChI is InChI=1S/C13H16N2O/c1-3-13(15-9-8-14-2)12-7-5-4-6-11(12)10-16/h4-10,13H,3H2,1-2H3. The fourth-order valence-electron chi connectivity index (χ4n) is 1.54. The zero-order valence-electron chi connectivity index (χ0n) is 9.63. The summed E-state index contributed by atoms with van der Waals surface area (Å²) < 4.78 is 0. The zero-order chi connectivity index (χ0) is 11.8. The van der Waals surface area contributed by atoms with Crippen LogP contribution in [0.4, 0.5) is 0 Å².